The molecule has 5 nitrogen and oxygen atoms in total. The largest absolute Gasteiger partial charge is 0.494 e. The van der Waals surface area contributed by atoms with Crippen LogP contribution in [0, 0.1) is 0 Å². The maximum atomic E-state index is 12.9. The van der Waals surface area contributed by atoms with Crippen LogP contribution >= 0.6 is 0 Å². The average Bonchev–Trinajstić information content (AvgIpc) is 2.77. The number of carbonyl (C=O) groups excluding carboxylic acids is 1. The summed E-state index contributed by atoms with van der Waals surface area (Å²) in [4.78, 5) is 19.4. The summed E-state index contributed by atoms with van der Waals surface area (Å²) < 4.78 is 5.99. The zero-order chi connectivity index (χ0) is 21.3. The number of ether oxygens (including phenoxy) is 1. The maximum Gasteiger partial charge on any atom is 0.253 e. The second-order valence-electron chi connectivity index (χ2n) is 8.52. The van der Waals surface area contributed by atoms with Crippen molar-refractivity contribution in [2.45, 2.75) is 32.6 Å². The zero-order valence-electron chi connectivity index (χ0n) is 18.9. The summed E-state index contributed by atoms with van der Waals surface area (Å²) in [5, 5.41) is 2.18. The Labute approximate surface area is 181 Å². The van der Waals surface area contributed by atoms with Gasteiger partial charge < -0.3 is 19.4 Å². The predicted octanol–water partition coefficient (Wildman–Crippen LogP) is 4.12. The summed E-state index contributed by atoms with van der Waals surface area (Å²) in [6, 6.07) is 12.1. The van der Waals surface area contributed by atoms with Crippen LogP contribution in [-0.4, -0.2) is 80.6 Å². The van der Waals surface area contributed by atoms with Crippen LogP contribution < -0.4 is 4.74 Å². The molecule has 1 fully saturated rings. The van der Waals surface area contributed by atoms with Crippen LogP contribution in [0.1, 0.15) is 43.0 Å². The number of likely N-dealkylation sites (tertiary alicyclic amines) is 1. The van der Waals surface area contributed by atoms with E-state index in [2.05, 4.69) is 21.9 Å². The average molecular weight is 412 g/mol. The molecule has 0 radical (unpaired) electrons. The number of hydrogen-bond donors (Lipinski definition) is 0. The number of fused-ring (bicyclic) bond motifs is 1. The lowest BCUT2D eigenvalue weighted by atomic mass is 10.1. The Morgan fingerprint density at radius 3 is 2.47 bits per heavy atom. The van der Waals surface area contributed by atoms with Crippen molar-refractivity contribution in [1.29, 1.82) is 0 Å². The van der Waals surface area contributed by atoms with Crippen molar-refractivity contribution < 1.29 is 9.53 Å². The van der Waals surface area contributed by atoms with Crippen molar-refractivity contribution in [2.24, 2.45) is 0 Å². The fraction of sp³-hybridized carbons (Fsp3) is 0.560. The maximum absolute atomic E-state index is 12.9. The van der Waals surface area contributed by atoms with Crippen LogP contribution in [-0.2, 0) is 0 Å². The van der Waals surface area contributed by atoms with Crippen molar-refractivity contribution in [1.82, 2.24) is 14.7 Å². The van der Waals surface area contributed by atoms with Crippen molar-refractivity contribution in [3.63, 3.8) is 0 Å². The van der Waals surface area contributed by atoms with E-state index < -0.39 is 0 Å². The molecule has 1 aliphatic heterocycles. The van der Waals surface area contributed by atoms with E-state index >= 15 is 0 Å². The van der Waals surface area contributed by atoms with Crippen LogP contribution in [0.5, 0.6) is 5.75 Å². The number of carbonyl (C=O) groups is 1. The molecule has 1 heterocycles. The standard InChI is InChI=1S/C25H37N3O2/c1-4-28(17-16-26(2)3)25(29)23-10-9-22-20-24(12-11-21(22)19-23)30-18-8-15-27-13-6-5-7-14-27/h9-12,19-20H,4-8,13-18H2,1-3H3. The second kappa shape index (κ2) is 11.3. The van der Waals surface area contributed by atoms with Gasteiger partial charge in [0.05, 0.1) is 6.61 Å². The Balaban J connectivity index is 1.56. The Kier molecular flexibility index (Phi) is 8.52. The Morgan fingerprint density at radius 1 is 1.00 bits per heavy atom. The van der Waals surface area contributed by atoms with E-state index in [0.717, 1.165) is 61.3 Å². The first kappa shape index (κ1) is 22.6. The molecule has 1 saturated heterocycles. The Morgan fingerprint density at radius 2 is 1.73 bits per heavy atom. The second-order valence-corrected chi connectivity index (χ2v) is 8.52. The number of piperidine rings is 1. The third kappa shape index (κ3) is 6.44. The molecule has 0 N–H and O–H groups in total. The molecule has 1 aliphatic rings. The molecule has 3 rings (SSSR count). The van der Waals surface area contributed by atoms with E-state index in [1.165, 1.54) is 32.4 Å². The van der Waals surface area contributed by atoms with Crippen LogP contribution in [0.4, 0.5) is 0 Å². The SMILES string of the molecule is CCN(CCN(C)C)C(=O)c1ccc2cc(OCCCN3CCCCC3)ccc2c1. The molecule has 2 aromatic carbocycles. The quantitative estimate of drug-likeness (QED) is 0.551. The van der Waals surface area contributed by atoms with Gasteiger partial charge in [0.1, 0.15) is 5.75 Å². The summed E-state index contributed by atoms with van der Waals surface area (Å²) >= 11 is 0. The molecule has 0 bridgehead atoms. The van der Waals surface area contributed by atoms with Crippen LogP contribution in [0.3, 0.4) is 0 Å². The van der Waals surface area contributed by atoms with E-state index in [1.54, 1.807) is 0 Å². The molecule has 0 aliphatic carbocycles. The van der Waals surface area contributed by atoms with Gasteiger partial charge in [-0.1, -0.05) is 18.6 Å². The van der Waals surface area contributed by atoms with E-state index in [1.807, 2.05) is 50.2 Å². The normalized spacial score (nSPS) is 14.9. The fourth-order valence-corrected chi connectivity index (χ4v) is 4.01. The smallest absolute Gasteiger partial charge is 0.253 e. The van der Waals surface area contributed by atoms with Gasteiger partial charge in [0.15, 0.2) is 0 Å². The summed E-state index contributed by atoms with van der Waals surface area (Å²) in [6.45, 7) is 8.70. The van der Waals surface area contributed by atoms with Gasteiger partial charge in [-0.05, 0) is 88.4 Å². The number of nitrogens with zero attached hydrogens (tertiary/aromatic N) is 3. The van der Waals surface area contributed by atoms with Gasteiger partial charge in [0.25, 0.3) is 5.91 Å². The third-order valence-electron chi connectivity index (χ3n) is 5.88. The highest BCUT2D eigenvalue weighted by Crippen LogP contribution is 2.23. The molecule has 164 valence electrons. The van der Waals surface area contributed by atoms with Crippen LogP contribution in [0.15, 0.2) is 36.4 Å². The zero-order valence-corrected chi connectivity index (χ0v) is 18.9. The highest BCUT2D eigenvalue weighted by atomic mass is 16.5. The van der Waals surface area contributed by atoms with E-state index in [4.69, 9.17) is 4.74 Å². The number of likely N-dealkylation sites (N-methyl/N-ethyl adjacent to an activating group) is 2. The summed E-state index contributed by atoms with van der Waals surface area (Å²) in [5.74, 6) is 1.00. The molecule has 2 aromatic rings. The van der Waals surface area contributed by atoms with Crippen molar-refractivity contribution in [3.05, 3.63) is 42.0 Å². The molecular formula is C25H37N3O2. The number of hydrogen-bond acceptors (Lipinski definition) is 4. The highest BCUT2D eigenvalue weighted by Gasteiger charge is 2.15. The molecule has 0 saturated carbocycles. The van der Waals surface area contributed by atoms with Gasteiger partial charge in [-0.25, -0.2) is 0 Å². The summed E-state index contributed by atoms with van der Waals surface area (Å²) in [6.07, 6.45) is 5.11. The van der Waals surface area contributed by atoms with E-state index in [0.29, 0.717) is 0 Å². The Bertz CT molecular complexity index is 815. The fourth-order valence-electron chi connectivity index (χ4n) is 4.01. The van der Waals surface area contributed by atoms with Crippen LogP contribution in [0.25, 0.3) is 10.8 Å². The van der Waals surface area contributed by atoms with Gasteiger partial charge >= 0.3 is 0 Å². The minimum Gasteiger partial charge on any atom is -0.494 e. The molecule has 5 heteroatoms. The van der Waals surface area contributed by atoms with E-state index in [-0.39, 0.29) is 5.91 Å². The first-order valence-electron chi connectivity index (χ1n) is 11.4. The lowest BCUT2D eigenvalue weighted by molar-refractivity contribution is 0.0754. The minimum absolute atomic E-state index is 0.0966. The lowest BCUT2D eigenvalue weighted by Gasteiger charge is -2.26. The molecule has 1 amide bonds. The predicted molar refractivity (Wildman–Crippen MR) is 124 cm³/mol. The molecule has 0 aromatic heterocycles. The summed E-state index contributed by atoms with van der Waals surface area (Å²) in [7, 11) is 4.06. The molecule has 0 atom stereocenters. The van der Waals surface area contributed by atoms with E-state index in [9.17, 15) is 4.79 Å². The number of benzene rings is 2. The van der Waals surface area contributed by atoms with Crippen molar-refractivity contribution in [2.75, 3.05) is 60.0 Å². The molecule has 0 unspecified atom stereocenters. The summed E-state index contributed by atoms with van der Waals surface area (Å²) in [5.41, 5.74) is 0.748. The molecule has 0 spiro atoms. The van der Waals surface area contributed by atoms with Gasteiger partial charge in [0.2, 0.25) is 0 Å². The first-order valence-corrected chi connectivity index (χ1v) is 11.4. The lowest BCUT2D eigenvalue weighted by Crippen LogP contribution is -2.36. The highest BCUT2D eigenvalue weighted by molar-refractivity contribution is 5.98. The van der Waals surface area contributed by atoms with Gasteiger partial charge in [0, 0.05) is 31.7 Å². The van der Waals surface area contributed by atoms with Crippen LogP contribution in [0.2, 0.25) is 0 Å². The minimum atomic E-state index is 0.0966. The topological polar surface area (TPSA) is 36.0 Å². The Hall–Kier alpha value is -2.11. The molecule has 30 heavy (non-hydrogen) atoms. The monoisotopic (exact) mass is 411 g/mol. The van der Waals surface area contributed by atoms with Crippen molar-refractivity contribution >= 4 is 16.7 Å². The first-order chi connectivity index (χ1) is 14.6. The van der Waals surface area contributed by atoms with Gasteiger partial charge in [-0.15, -0.1) is 0 Å². The van der Waals surface area contributed by atoms with Gasteiger partial charge in [-0.3, -0.25) is 4.79 Å². The molecular weight excluding hydrogens is 374 g/mol. The number of rotatable bonds is 10. The number of amides is 1. The third-order valence-corrected chi connectivity index (χ3v) is 5.88. The van der Waals surface area contributed by atoms with Crippen molar-refractivity contribution in [3.8, 4) is 5.75 Å². The van der Waals surface area contributed by atoms with Gasteiger partial charge in [-0.2, -0.15) is 0 Å².